The van der Waals surface area contributed by atoms with Crippen molar-refractivity contribution >= 4 is 29.9 Å². The van der Waals surface area contributed by atoms with Crippen LogP contribution in [0.25, 0.3) is 0 Å². The van der Waals surface area contributed by atoms with Gasteiger partial charge in [-0.2, -0.15) is 0 Å². The number of guanidine groups is 1. The summed E-state index contributed by atoms with van der Waals surface area (Å²) in [5.74, 6) is 3.41. The number of likely N-dealkylation sites (tertiary alicyclic amines) is 1. The van der Waals surface area contributed by atoms with Crippen LogP contribution in [0.2, 0.25) is 0 Å². The fourth-order valence-electron chi connectivity index (χ4n) is 3.82. The molecule has 0 bridgehead atoms. The third kappa shape index (κ3) is 7.21. The van der Waals surface area contributed by atoms with Gasteiger partial charge in [-0.1, -0.05) is 20.8 Å². The van der Waals surface area contributed by atoms with Crippen LogP contribution in [0.5, 0.6) is 0 Å². The summed E-state index contributed by atoms with van der Waals surface area (Å²) in [5.41, 5.74) is 0.101. The second-order valence-electron chi connectivity index (χ2n) is 8.31. The van der Waals surface area contributed by atoms with Crippen molar-refractivity contribution in [1.82, 2.24) is 30.3 Å². The molecular formula is C19H38IN7. The van der Waals surface area contributed by atoms with Gasteiger partial charge in [0.15, 0.2) is 5.96 Å². The van der Waals surface area contributed by atoms with Crippen LogP contribution in [0.4, 0.5) is 0 Å². The summed E-state index contributed by atoms with van der Waals surface area (Å²) in [6.07, 6.45) is 4.03. The lowest BCUT2D eigenvalue weighted by atomic mass is 9.88. The van der Waals surface area contributed by atoms with Gasteiger partial charge in [0, 0.05) is 51.7 Å². The van der Waals surface area contributed by atoms with E-state index in [0.29, 0.717) is 0 Å². The summed E-state index contributed by atoms with van der Waals surface area (Å²) in [7, 11) is 1.82. The van der Waals surface area contributed by atoms with E-state index in [-0.39, 0.29) is 29.5 Å². The van der Waals surface area contributed by atoms with Crippen molar-refractivity contribution < 1.29 is 0 Å². The quantitative estimate of drug-likeness (QED) is 0.348. The predicted molar refractivity (Wildman–Crippen MR) is 123 cm³/mol. The molecule has 0 saturated carbocycles. The lowest BCUT2D eigenvalue weighted by Crippen LogP contribution is -2.57. The molecule has 0 aliphatic carbocycles. The van der Waals surface area contributed by atoms with E-state index in [1.54, 1.807) is 6.33 Å². The SMILES string of the molecule is CCc1nncn1CCNC(=NC)NCC(C)(C)N1CC(C)CC(C)C1.I. The molecule has 27 heavy (non-hydrogen) atoms. The van der Waals surface area contributed by atoms with E-state index < -0.39 is 0 Å². The van der Waals surface area contributed by atoms with Crippen molar-refractivity contribution in [2.24, 2.45) is 16.8 Å². The average molecular weight is 491 g/mol. The first-order valence-corrected chi connectivity index (χ1v) is 9.92. The van der Waals surface area contributed by atoms with Crippen molar-refractivity contribution in [2.45, 2.75) is 59.5 Å². The van der Waals surface area contributed by atoms with Crippen molar-refractivity contribution in [2.75, 3.05) is 33.2 Å². The van der Waals surface area contributed by atoms with E-state index in [0.717, 1.165) is 49.7 Å². The molecule has 2 heterocycles. The molecular weight excluding hydrogens is 453 g/mol. The smallest absolute Gasteiger partial charge is 0.191 e. The molecule has 1 aromatic rings. The number of nitrogens with one attached hydrogen (secondary N) is 2. The fraction of sp³-hybridized carbons (Fsp3) is 0.842. The summed E-state index contributed by atoms with van der Waals surface area (Å²) in [6, 6.07) is 0. The standard InChI is InChI=1S/C19H37N7.HI/c1-7-17-24-23-14-25(17)9-8-21-18(20-6)22-13-19(4,5)26-11-15(2)10-16(3)12-26;/h14-16H,7-13H2,1-6H3,(H2,20,21,22);1H. The van der Waals surface area contributed by atoms with Gasteiger partial charge in [0.1, 0.15) is 12.2 Å². The highest BCUT2D eigenvalue weighted by molar-refractivity contribution is 14.0. The monoisotopic (exact) mass is 491 g/mol. The molecule has 1 saturated heterocycles. The number of piperidine rings is 1. The molecule has 7 nitrogen and oxygen atoms in total. The summed E-state index contributed by atoms with van der Waals surface area (Å²) < 4.78 is 2.08. The van der Waals surface area contributed by atoms with Crippen LogP contribution in [0.3, 0.4) is 0 Å². The van der Waals surface area contributed by atoms with Crippen molar-refractivity contribution in [3.8, 4) is 0 Å². The largest absolute Gasteiger partial charge is 0.355 e. The molecule has 2 atom stereocenters. The topological polar surface area (TPSA) is 70.4 Å². The summed E-state index contributed by atoms with van der Waals surface area (Å²) >= 11 is 0. The molecule has 156 valence electrons. The number of rotatable bonds is 7. The Morgan fingerprint density at radius 2 is 1.93 bits per heavy atom. The normalized spacial score (nSPS) is 21.6. The summed E-state index contributed by atoms with van der Waals surface area (Å²) in [4.78, 5) is 6.98. The van der Waals surface area contributed by atoms with Crippen LogP contribution in [-0.4, -0.2) is 64.4 Å². The number of halogens is 1. The molecule has 8 heteroatoms. The molecule has 1 fully saturated rings. The molecule has 2 N–H and O–H groups in total. The zero-order chi connectivity index (χ0) is 19.2. The van der Waals surface area contributed by atoms with E-state index >= 15 is 0 Å². The number of aliphatic imine (C=N–C) groups is 1. The predicted octanol–water partition coefficient (Wildman–Crippen LogP) is 2.38. The van der Waals surface area contributed by atoms with Crippen molar-refractivity contribution in [1.29, 1.82) is 0 Å². The first-order valence-electron chi connectivity index (χ1n) is 9.92. The molecule has 2 unspecified atom stereocenters. The molecule has 0 radical (unpaired) electrons. The minimum atomic E-state index is 0. The Bertz CT molecular complexity index is 574. The third-order valence-electron chi connectivity index (χ3n) is 5.29. The Morgan fingerprint density at radius 3 is 2.52 bits per heavy atom. The maximum absolute atomic E-state index is 4.36. The minimum Gasteiger partial charge on any atom is -0.355 e. The molecule has 1 aliphatic rings. The molecule has 0 spiro atoms. The van der Waals surface area contributed by atoms with Crippen LogP contribution in [0.1, 0.15) is 46.9 Å². The van der Waals surface area contributed by atoms with Gasteiger partial charge in [-0.25, -0.2) is 0 Å². The van der Waals surface area contributed by atoms with Gasteiger partial charge in [0.25, 0.3) is 0 Å². The van der Waals surface area contributed by atoms with E-state index in [1.165, 1.54) is 19.5 Å². The fourth-order valence-corrected chi connectivity index (χ4v) is 3.82. The van der Waals surface area contributed by atoms with Crippen LogP contribution >= 0.6 is 24.0 Å². The van der Waals surface area contributed by atoms with Crippen LogP contribution < -0.4 is 10.6 Å². The van der Waals surface area contributed by atoms with E-state index in [2.05, 4.69) is 69.9 Å². The van der Waals surface area contributed by atoms with Gasteiger partial charge >= 0.3 is 0 Å². The Morgan fingerprint density at radius 1 is 1.26 bits per heavy atom. The first-order chi connectivity index (χ1) is 12.4. The first kappa shape index (κ1) is 24.1. The Balaban J connectivity index is 0.00000364. The summed E-state index contributed by atoms with van der Waals surface area (Å²) in [6.45, 7) is 16.3. The number of hydrogen-bond acceptors (Lipinski definition) is 4. The van der Waals surface area contributed by atoms with Gasteiger partial charge in [-0.3, -0.25) is 9.89 Å². The van der Waals surface area contributed by atoms with Crippen LogP contribution in [0, 0.1) is 11.8 Å². The van der Waals surface area contributed by atoms with Crippen LogP contribution in [-0.2, 0) is 13.0 Å². The molecule has 0 aromatic carbocycles. The van der Waals surface area contributed by atoms with Gasteiger partial charge in [0.05, 0.1) is 0 Å². The molecule has 2 rings (SSSR count). The Labute approximate surface area is 181 Å². The van der Waals surface area contributed by atoms with Gasteiger partial charge in [-0.05, 0) is 32.1 Å². The molecule has 1 aliphatic heterocycles. The second kappa shape index (κ2) is 11.2. The third-order valence-corrected chi connectivity index (χ3v) is 5.29. The van der Waals surface area contributed by atoms with Crippen molar-refractivity contribution in [3.05, 3.63) is 12.2 Å². The van der Waals surface area contributed by atoms with Gasteiger partial charge < -0.3 is 15.2 Å². The highest BCUT2D eigenvalue weighted by Crippen LogP contribution is 2.26. The van der Waals surface area contributed by atoms with Crippen molar-refractivity contribution in [3.63, 3.8) is 0 Å². The lowest BCUT2D eigenvalue weighted by molar-refractivity contribution is 0.0483. The molecule has 0 amide bonds. The highest BCUT2D eigenvalue weighted by Gasteiger charge is 2.32. The number of hydrogen-bond donors (Lipinski definition) is 2. The second-order valence-corrected chi connectivity index (χ2v) is 8.31. The van der Waals surface area contributed by atoms with E-state index in [4.69, 9.17) is 0 Å². The zero-order valence-corrected chi connectivity index (χ0v) is 20.2. The Kier molecular flexibility index (Phi) is 10.0. The minimum absolute atomic E-state index is 0. The van der Waals surface area contributed by atoms with Gasteiger partial charge in [-0.15, -0.1) is 34.2 Å². The number of nitrogens with zero attached hydrogens (tertiary/aromatic N) is 5. The highest BCUT2D eigenvalue weighted by atomic mass is 127. The van der Waals surface area contributed by atoms with E-state index in [1.807, 2.05) is 7.05 Å². The summed E-state index contributed by atoms with van der Waals surface area (Å²) in [5, 5.41) is 15.0. The zero-order valence-electron chi connectivity index (χ0n) is 17.8. The van der Waals surface area contributed by atoms with E-state index in [9.17, 15) is 0 Å². The maximum atomic E-state index is 4.36. The van der Waals surface area contributed by atoms with Gasteiger partial charge in [0.2, 0.25) is 0 Å². The number of aryl methyl sites for hydroxylation is 1. The molecule has 1 aromatic heterocycles. The Hall–Kier alpha value is -0.900. The average Bonchev–Trinajstić information content (AvgIpc) is 3.04. The number of aromatic nitrogens is 3. The maximum Gasteiger partial charge on any atom is 0.191 e. The van der Waals surface area contributed by atoms with Crippen LogP contribution in [0.15, 0.2) is 11.3 Å². The lowest BCUT2D eigenvalue weighted by Gasteiger charge is -2.45.